The van der Waals surface area contributed by atoms with Crippen LogP contribution in [0.4, 0.5) is 0 Å². The predicted molar refractivity (Wildman–Crippen MR) is 28.7 cm³/mol. The SMILES string of the molecule is N.OC(O)C(Cl)Cl. The van der Waals surface area contributed by atoms with Crippen LogP contribution in [0.5, 0.6) is 0 Å². The summed E-state index contributed by atoms with van der Waals surface area (Å²) < 4.78 is 0. The van der Waals surface area contributed by atoms with E-state index in [1.165, 1.54) is 0 Å². The lowest BCUT2D eigenvalue weighted by Gasteiger charge is -1.98. The van der Waals surface area contributed by atoms with Gasteiger partial charge >= 0.3 is 0 Å². The molecule has 46 valence electrons. The molecule has 0 fully saturated rings. The minimum absolute atomic E-state index is 0. The van der Waals surface area contributed by atoms with Crippen LogP contribution in [0.25, 0.3) is 0 Å². The number of hydrogen-bond donors (Lipinski definition) is 3. The highest BCUT2D eigenvalue weighted by Crippen LogP contribution is 2.03. The molecule has 7 heavy (non-hydrogen) atoms. The van der Waals surface area contributed by atoms with Crippen LogP contribution in [0.1, 0.15) is 0 Å². The highest BCUT2D eigenvalue weighted by molar-refractivity contribution is 6.44. The van der Waals surface area contributed by atoms with Crippen molar-refractivity contribution in [3.63, 3.8) is 0 Å². The molecule has 5 N–H and O–H groups in total. The fourth-order valence-electron chi connectivity index (χ4n) is 0. The van der Waals surface area contributed by atoms with Crippen molar-refractivity contribution in [2.45, 2.75) is 11.1 Å². The van der Waals surface area contributed by atoms with E-state index in [2.05, 4.69) is 0 Å². The molecule has 0 aromatic rings. The first-order valence-corrected chi connectivity index (χ1v) is 2.16. The van der Waals surface area contributed by atoms with E-state index in [4.69, 9.17) is 33.4 Å². The number of halogens is 2. The molecule has 0 aliphatic heterocycles. The summed E-state index contributed by atoms with van der Waals surface area (Å²) >= 11 is 9.76. The average molecular weight is 148 g/mol. The van der Waals surface area contributed by atoms with Gasteiger partial charge < -0.3 is 16.4 Å². The third-order valence-corrected chi connectivity index (χ3v) is 0.676. The molecule has 3 nitrogen and oxygen atoms in total. The molecule has 0 aliphatic carbocycles. The summed E-state index contributed by atoms with van der Waals surface area (Å²) in [5.41, 5.74) is 0. The van der Waals surface area contributed by atoms with Crippen molar-refractivity contribution in [1.29, 1.82) is 0 Å². The predicted octanol–water partition coefficient (Wildman–Crippen LogP) is 0.263. The highest BCUT2D eigenvalue weighted by Gasteiger charge is 2.05. The van der Waals surface area contributed by atoms with Crippen LogP contribution in [-0.2, 0) is 0 Å². The van der Waals surface area contributed by atoms with E-state index >= 15 is 0 Å². The van der Waals surface area contributed by atoms with E-state index in [1.54, 1.807) is 0 Å². The van der Waals surface area contributed by atoms with Crippen molar-refractivity contribution in [1.82, 2.24) is 6.15 Å². The summed E-state index contributed by atoms with van der Waals surface area (Å²) in [5.74, 6) is 0. The van der Waals surface area contributed by atoms with Gasteiger partial charge in [0.25, 0.3) is 0 Å². The Morgan fingerprint density at radius 2 is 1.29 bits per heavy atom. The van der Waals surface area contributed by atoms with Crippen molar-refractivity contribution < 1.29 is 10.2 Å². The minimum atomic E-state index is -1.62. The largest absolute Gasteiger partial charge is 0.366 e. The fourth-order valence-corrected chi connectivity index (χ4v) is 0. The Labute approximate surface area is 51.4 Å². The van der Waals surface area contributed by atoms with E-state index in [1.807, 2.05) is 0 Å². The number of rotatable bonds is 1. The second kappa shape index (κ2) is 4.61. The number of hydrogen-bond acceptors (Lipinski definition) is 3. The lowest BCUT2D eigenvalue weighted by molar-refractivity contribution is -0.0275. The molecular weight excluding hydrogens is 141 g/mol. The Hall–Kier alpha value is 0.460. The summed E-state index contributed by atoms with van der Waals surface area (Å²) in [6.07, 6.45) is -1.62. The number of aliphatic hydroxyl groups is 2. The molecule has 0 bridgehead atoms. The van der Waals surface area contributed by atoms with E-state index in [-0.39, 0.29) is 6.15 Å². The molecule has 0 spiro atoms. The van der Waals surface area contributed by atoms with Gasteiger partial charge in [-0.2, -0.15) is 0 Å². The molecule has 0 aromatic heterocycles. The maximum absolute atomic E-state index is 7.92. The van der Waals surface area contributed by atoms with Gasteiger partial charge in [0.1, 0.15) is 0 Å². The molecule has 0 atom stereocenters. The molecule has 0 aliphatic rings. The van der Waals surface area contributed by atoms with Crippen LogP contribution in [-0.4, -0.2) is 21.3 Å². The summed E-state index contributed by atoms with van der Waals surface area (Å²) in [6, 6.07) is 0. The van der Waals surface area contributed by atoms with Gasteiger partial charge in [0.2, 0.25) is 0 Å². The van der Waals surface area contributed by atoms with Crippen molar-refractivity contribution >= 4 is 23.2 Å². The van der Waals surface area contributed by atoms with Gasteiger partial charge in [-0.25, -0.2) is 0 Å². The van der Waals surface area contributed by atoms with Gasteiger partial charge in [0.05, 0.1) is 0 Å². The zero-order chi connectivity index (χ0) is 5.15. The quantitative estimate of drug-likeness (QED) is 0.368. The maximum atomic E-state index is 7.92. The van der Waals surface area contributed by atoms with Crippen molar-refractivity contribution in [3.8, 4) is 0 Å². The monoisotopic (exact) mass is 147 g/mol. The van der Waals surface area contributed by atoms with Crippen LogP contribution >= 0.6 is 23.2 Å². The Balaban J connectivity index is 0. The maximum Gasteiger partial charge on any atom is 0.182 e. The van der Waals surface area contributed by atoms with Gasteiger partial charge in [-0.15, -0.1) is 0 Å². The summed E-state index contributed by atoms with van der Waals surface area (Å²) in [7, 11) is 0. The standard InChI is InChI=1S/C2H4Cl2O2.H3N/c3-1(4)2(5)6;/h1-2,5-6H;1H3. The molecule has 5 heteroatoms. The first kappa shape index (κ1) is 10.4. The first-order valence-electron chi connectivity index (χ1n) is 1.29. The van der Waals surface area contributed by atoms with Crippen LogP contribution in [0.3, 0.4) is 0 Å². The van der Waals surface area contributed by atoms with Crippen LogP contribution in [0, 0.1) is 0 Å². The van der Waals surface area contributed by atoms with Gasteiger partial charge in [0.15, 0.2) is 11.1 Å². The minimum Gasteiger partial charge on any atom is -0.366 e. The van der Waals surface area contributed by atoms with E-state index in [0.29, 0.717) is 0 Å². The summed E-state index contributed by atoms with van der Waals surface area (Å²) in [6.45, 7) is 0. The van der Waals surface area contributed by atoms with E-state index in [9.17, 15) is 0 Å². The Morgan fingerprint density at radius 3 is 1.29 bits per heavy atom. The smallest absolute Gasteiger partial charge is 0.182 e. The van der Waals surface area contributed by atoms with Crippen molar-refractivity contribution in [2.75, 3.05) is 0 Å². The normalized spacial score (nSPS) is 9.43. The Kier molecular flexibility index (Phi) is 6.88. The van der Waals surface area contributed by atoms with Crippen molar-refractivity contribution in [2.24, 2.45) is 0 Å². The lowest BCUT2D eigenvalue weighted by atomic mass is 10.8. The zero-order valence-corrected chi connectivity index (χ0v) is 5.02. The average Bonchev–Trinajstić information content (AvgIpc) is 1.36. The van der Waals surface area contributed by atoms with Crippen LogP contribution in [0.15, 0.2) is 0 Å². The molecule has 0 unspecified atom stereocenters. The molecule has 0 saturated carbocycles. The second-order valence-electron chi connectivity index (χ2n) is 0.748. The number of aliphatic hydroxyl groups excluding tert-OH is 1. The first-order chi connectivity index (χ1) is 2.64. The molecule has 0 rings (SSSR count). The summed E-state index contributed by atoms with van der Waals surface area (Å²) in [4.78, 5) is -1.09. The molecule has 0 heterocycles. The van der Waals surface area contributed by atoms with Crippen molar-refractivity contribution in [3.05, 3.63) is 0 Å². The van der Waals surface area contributed by atoms with Crippen LogP contribution < -0.4 is 6.15 Å². The van der Waals surface area contributed by atoms with E-state index in [0.717, 1.165) is 0 Å². The highest BCUT2D eigenvalue weighted by atomic mass is 35.5. The lowest BCUT2D eigenvalue weighted by Crippen LogP contribution is -2.12. The van der Waals surface area contributed by atoms with Gasteiger partial charge in [-0.3, -0.25) is 0 Å². The van der Waals surface area contributed by atoms with E-state index < -0.39 is 11.1 Å². The second-order valence-corrected chi connectivity index (χ2v) is 1.91. The molecule has 0 radical (unpaired) electrons. The third-order valence-electron chi connectivity index (χ3n) is 0.225. The molecular formula is C2H7Cl2NO2. The van der Waals surface area contributed by atoms with Gasteiger partial charge in [0, 0.05) is 0 Å². The fraction of sp³-hybridized carbons (Fsp3) is 1.00. The zero-order valence-electron chi connectivity index (χ0n) is 3.51. The van der Waals surface area contributed by atoms with Gasteiger partial charge in [-0.1, -0.05) is 23.2 Å². The summed E-state index contributed by atoms with van der Waals surface area (Å²) in [5, 5.41) is 15.8. The Bertz CT molecular complexity index is 34.7. The third kappa shape index (κ3) is 6.46. The topological polar surface area (TPSA) is 75.5 Å². The molecule has 0 amide bonds. The number of alkyl halides is 2. The molecule has 0 aromatic carbocycles. The van der Waals surface area contributed by atoms with Gasteiger partial charge in [-0.05, 0) is 0 Å². The Morgan fingerprint density at radius 1 is 1.14 bits per heavy atom. The molecule has 0 saturated heterocycles. The van der Waals surface area contributed by atoms with Crippen LogP contribution in [0.2, 0.25) is 0 Å².